The molecule has 0 aliphatic heterocycles. The van der Waals surface area contributed by atoms with Gasteiger partial charge >= 0.3 is 0 Å². The Morgan fingerprint density at radius 2 is 2.12 bits per heavy atom. The fourth-order valence-corrected chi connectivity index (χ4v) is 1.83. The lowest BCUT2D eigenvalue weighted by Gasteiger charge is -2.18. The zero-order valence-corrected chi connectivity index (χ0v) is 9.44. The Bertz CT molecular complexity index is 376. The normalized spacial score (nSPS) is 16.5. The molecule has 1 N–H and O–H groups in total. The van der Waals surface area contributed by atoms with E-state index in [1.165, 1.54) is 12.8 Å². The van der Waals surface area contributed by atoms with Gasteiger partial charge in [-0.15, -0.1) is 0 Å². The Morgan fingerprint density at radius 3 is 2.62 bits per heavy atom. The van der Waals surface area contributed by atoms with Crippen LogP contribution in [0, 0.1) is 17.2 Å². The predicted octanol–water partition coefficient (Wildman–Crippen LogP) is 2.40. The molecule has 1 aliphatic carbocycles. The highest BCUT2D eigenvalue weighted by Crippen LogP contribution is 2.34. The number of ether oxygens (including phenoxy) is 1. The molecular weight excluding hydrogens is 200 g/mol. The molecule has 1 fully saturated rings. The van der Waals surface area contributed by atoms with Crippen LogP contribution in [-0.4, -0.2) is 19.8 Å². The molecule has 1 aliphatic rings. The van der Waals surface area contributed by atoms with Crippen molar-refractivity contribution in [1.29, 1.82) is 5.26 Å². The molecule has 0 amide bonds. The van der Waals surface area contributed by atoms with Crippen LogP contribution >= 0.6 is 0 Å². The number of benzene rings is 1. The maximum atomic E-state index is 8.70. The van der Waals surface area contributed by atoms with Gasteiger partial charge in [0.1, 0.15) is 0 Å². The fraction of sp³-hybridized carbons (Fsp3) is 0.462. The van der Waals surface area contributed by atoms with Crippen LogP contribution in [0.1, 0.15) is 18.4 Å². The Kier molecular flexibility index (Phi) is 3.43. The van der Waals surface area contributed by atoms with Gasteiger partial charge in [0, 0.05) is 12.8 Å². The number of nitriles is 1. The van der Waals surface area contributed by atoms with Crippen molar-refractivity contribution in [3.05, 3.63) is 29.8 Å². The fourth-order valence-electron chi connectivity index (χ4n) is 1.83. The van der Waals surface area contributed by atoms with Gasteiger partial charge in [0.2, 0.25) is 0 Å². The highest BCUT2D eigenvalue weighted by molar-refractivity contribution is 5.48. The summed E-state index contributed by atoms with van der Waals surface area (Å²) in [4.78, 5) is 0. The summed E-state index contributed by atoms with van der Waals surface area (Å²) in [6.45, 7) is 0.741. The van der Waals surface area contributed by atoms with Gasteiger partial charge in [-0.25, -0.2) is 0 Å². The zero-order chi connectivity index (χ0) is 11.4. The molecular formula is C13H16N2O. The molecule has 0 spiro atoms. The van der Waals surface area contributed by atoms with E-state index < -0.39 is 0 Å². The van der Waals surface area contributed by atoms with Crippen LogP contribution in [0.5, 0.6) is 0 Å². The van der Waals surface area contributed by atoms with E-state index in [0.717, 1.165) is 18.2 Å². The molecule has 0 saturated heterocycles. The molecule has 1 atom stereocenters. The van der Waals surface area contributed by atoms with Crippen LogP contribution in [0.15, 0.2) is 24.3 Å². The minimum atomic E-state index is 0.401. The molecule has 0 radical (unpaired) electrons. The Morgan fingerprint density at radius 1 is 1.44 bits per heavy atom. The molecule has 1 unspecified atom stereocenters. The second-order valence-corrected chi connectivity index (χ2v) is 4.23. The highest BCUT2D eigenvalue weighted by atomic mass is 16.5. The third-order valence-corrected chi connectivity index (χ3v) is 2.90. The van der Waals surface area contributed by atoms with Crippen molar-refractivity contribution in [3.63, 3.8) is 0 Å². The molecule has 84 valence electrons. The van der Waals surface area contributed by atoms with Crippen LogP contribution in [0.3, 0.4) is 0 Å². The quantitative estimate of drug-likeness (QED) is 0.822. The largest absolute Gasteiger partial charge is 0.383 e. The minimum Gasteiger partial charge on any atom is -0.383 e. The Hall–Kier alpha value is -1.53. The molecule has 0 aromatic heterocycles. The monoisotopic (exact) mass is 216 g/mol. The zero-order valence-electron chi connectivity index (χ0n) is 9.44. The standard InChI is InChI=1S/C13H16N2O/c1-16-9-13(11-4-5-11)15-12-6-2-10(8-14)3-7-12/h2-3,6-7,11,13,15H,4-5,9H2,1H3. The summed E-state index contributed by atoms with van der Waals surface area (Å²) in [6, 6.07) is 10.1. The highest BCUT2D eigenvalue weighted by Gasteiger charge is 2.30. The molecule has 0 bridgehead atoms. The maximum Gasteiger partial charge on any atom is 0.0991 e. The van der Waals surface area contributed by atoms with Gasteiger partial charge in [-0.05, 0) is 43.0 Å². The minimum absolute atomic E-state index is 0.401. The third kappa shape index (κ3) is 2.74. The summed E-state index contributed by atoms with van der Waals surface area (Å²) in [6.07, 6.45) is 2.58. The topological polar surface area (TPSA) is 45.0 Å². The smallest absolute Gasteiger partial charge is 0.0991 e. The molecule has 2 rings (SSSR count). The second kappa shape index (κ2) is 5.00. The lowest BCUT2D eigenvalue weighted by Crippen LogP contribution is -2.27. The van der Waals surface area contributed by atoms with E-state index >= 15 is 0 Å². The Labute approximate surface area is 96.0 Å². The summed E-state index contributed by atoms with van der Waals surface area (Å²) < 4.78 is 5.21. The molecule has 16 heavy (non-hydrogen) atoms. The van der Waals surface area contributed by atoms with E-state index in [4.69, 9.17) is 10.00 Å². The van der Waals surface area contributed by atoms with Gasteiger partial charge in [-0.2, -0.15) is 5.26 Å². The first kappa shape index (κ1) is 11.0. The summed E-state index contributed by atoms with van der Waals surface area (Å²) in [5.74, 6) is 0.746. The van der Waals surface area contributed by atoms with Gasteiger partial charge in [-0.1, -0.05) is 0 Å². The van der Waals surface area contributed by atoms with E-state index in [1.807, 2.05) is 24.3 Å². The van der Waals surface area contributed by atoms with Gasteiger partial charge in [-0.3, -0.25) is 0 Å². The van der Waals surface area contributed by atoms with Crippen molar-refractivity contribution >= 4 is 5.69 Å². The summed E-state index contributed by atoms with van der Waals surface area (Å²) >= 11 is 0. The SMILES string of the molecule is COCC(Nc1ccc(C#N)cc1)C1CC1. The number of rotatable bonds is 5. The molecule has 3 heteroatoms. The lowest BCUT2D eigenvalue weighted by atomic mass is 10.1. The van der Waals surface area contributed by atoms with Gasteiger partial charge < -0.3 is 10.1 Å². The van der Waals surface area contributed by atoms with E-state index in [2.05, 4.69) is 11.4 Å². The number of nitrogens with zero attached hydrogens (tertiary/aromatic N) is 1. The molecule has 1 aromatic rings. The summed E-state index contributed by atoms with van der Waals surface area (Å²) in [5.41, 5.74) is 1.76. The molecule has 3 nitrogen and oxygen atoms in total. The van der Waals surface area contributed by atoms with Crippen molar-refractivity contribution in [2.75, 3.05) is 19.0 Å². The molecule has 1 saturated carbocycles. The van der Waals surface area contributed by atoms with Crippen molar-refractivity contribution in [2.45, 2.75) is 18.9 Å². The van der Waals surface area contributed by atoms with E-state index in [1.54, 1.807) is 7.11 Å². The van der Waals surface area contributed by atoms with Crippen LogP contribution in [0.2, 0.25) is 0 Å². The van der Waals surface area contributed by atoms with E-state index in [-0.39, 0.29) is 0 Å². The summed E-state index contributed by atoms with van der Waals surface area (Å²) in [7, 11) is 1.73. The number of anilines is 1. The van der Waals surface area contributed by atoms with Gasteiger partial charge in [0.15, 0.2) is 0 Å². The first-order valence-corrected chi connectivity index (χ1v) is 5.59. The van der Waals surface area contributed by atoms with Crippen LogP contribution in [0.4, 0.5) is 5.69 Å². The van der Waals surface area contributed by atoms with Crippen molar-refractivity contribution in [1.82, 2.24) is 0 Å². The number of methoxy groups -OCH3 is 1. The predicted molar refractivity (Wildman–Crippen MR) is 63.2 cm³/mol. The van der Waals surface area contributed by atoms with Crippen LogP contribution in [0.25, 0.3) is 0 Å². The number of hydrogen-bond acceptors (Lipinski definition) is 3. The van der Waals surface area contributed by atoms with Gasteiger partial charge in [0.05, 0.1) is 24.3 Å². The van der Waals surface area contributed by atoms with Crippen molar-refractivity contribution < 1.29 is 4.74 Å². The van der Waals surface area contributed by atoms with Crippen LogP contribution < -0.4 is 5.32 Å². The molecule has 1 aromatic carbocycles. The van der Waals surface area contributed by atoms with E-state index in [9.17, 15) is 0 Å². The first-order chi connectivity index (χ1) is 7.83. The van der Waals surface area contributed by atoms with Gasteiger partial charge in [0.25, 0.3) is 0 Å². The second-order valence-electron chi connectivity index (χ2n) is 4.23. The maximum absolute atomic E-state index is 8.70. The number of nitrogens with one attached hydrogen (secondary N) is 1. The average Bonchev–Trinajstić information content (AvgIpc) is 3.13. The van der Waals surface area contributed by atoms with Crippen molar-refractivity contribution in [2.24, 2.45) is 5.92 Å². The van der Waals surface area contributed by atoms with Crippen LogP contribution in [-0.2, 0) is 4.74 Å². The molecule has 0 heterocycles. The average molecular weight is 216 g/mol. The Balaban J connectivity index is 1.98. The van der Waals surface area contributed by atoms with E-state index in [0.29, 0.717) is 11.6 Å². The number of hydrogen-bond donors (Lipinski definition) is 1. The third-order valence-electron chi connectivity index (χ3n) is 2.90. The van der Waals surface area contributed by atoms with Crippen molar-refractivity contribution in [3.8, 4) is 6.07 Å². The first-order valence-electron chi connectivity index (χ1n) is 5.59. The summed E-state index contributed by atoms with van der Waals surface area (Å²) in [5, 5.41) is 12.2. The lowest BCUT2D eigenvalue weighted by molar-refractivity contribution is 0.179.